The molecule has 5 aromatic rings. The maximum atomic E-state index is 13.3. The summed E-state index contributed by atoms with van der Waals surface area (Å²) in [7, 11) is 0. The molecule has 5 N–H and O–H groups in total. The number of primary amides is 1. The fraction of sp³-hybridized carbons (Fsp3) is 0.326. The molecule has 5 heterocycles. The number of hydrogen-bond donors (Lipinski definition) is 4. The second kappa shape index (κ2) is 19.8. The molecule has 0 radical (unpaired) electrons. The van der Waals surface area contributed by atoms with E-state index >= 15 is 0 Å². The zero-order chi connectivity index (χ0) is 45.4. The van der Waals surface area contributed by atoms with E-state index in [1.807, 2.05) is 24.3 Å². The third kappa shape index (κ3) is 10.8. The summed E-state index contributed by atoms with van der Waals surface area (Å²) in [6.07, 6.45) is 2.99. The zero-order valence-electron chi connectivity index (χ0n) is 34.1. The van der Waals surface area contributed by atoms with Gasteiger partial charge in [-0.05, 0) is 80.0 Å². The summed E-state index contributed by atoms with van der Waals surface area (Å²) in [4.78, 5) is 84.5. The van der Waals surface area contributed by atoms with Crippen LogP contribution in [-0.2, 0) is 31.9 Å². The zero-order valence-corrected chi connectivity index (χ0v) is 34.1. The summed E-state index contributed by atoms with van der Waals surface area (Å²) in [5, 5.41) is 11.2. The maximum Gasteiger partial charge on any atom is 0.405 e. The number of anilines is 2. The van der Waals surface area contributed by atoms with E-state index in [0.717, 1.165) is 36.0 Å². The number of aromatic nitrogens is 4. The average Bonchev–Trinajstić information content (AvgIpc) is 4.00. The number of nitrogens with two attached hydrogens (primary N) is 1. The molecule has 0 bridgehead atoms. The predicted molar refractivity (Wildman–Crippen MR) is 220 cm³/mol. The van der Waals surface area contributed by atoms with E-state index in [9.17, 15) is 41.9 Å². The van der Waals surface area contributed by atoms with Gasteiger partial charge >= 0.3 is 6.18 Å². The van der Waals surface area contributed by atoms with Gasteiger partial charge < -0.3 is 30.3 Å². The van der Waals surface area contributed by atoms with Crippen LogP contribution in [0.15, 0.2) is 77.7 Å². The first kappa shape index (κ1) is 44.8. The maximum absolute atomic E-state index is 13.3. The number of nitrogens with zero attached hydrogens (tertiary/aromatic N) is 5. The number of nitrogens with one attached hydrogen (secondary N) is 3. The molecule has 1 unspecified atom stereocenters. The van der Waals surface area contributed by atoms with Crippen molar-refractivity contribution in [3.8, 4) is 17.1 Å². The number of rotatable bonds is 20. The number of hydrogen-bond acceptors (Lipinski definition) is 13. The summed E-state index contributed by atoms with van der Waals surface area (Å²) < 4.78 is 56.1. The number of ether oxygens (including phenoxy) is 2. The second-order valence-electron chi connectivity index (χ2n) is 14.8. The molecule has 3 aromatic heterocycles. The highest BCUT2D eigenvalue weighted by atomic mass is 19.4. The van der Waals surface area contributed by atoms with Gasteiger partial charge in [0.15, 0.2) is 11.4 Å². The van der Waals surface area contributed by atoms with Crippen LogP contribution in [0.2, 0.25) is 0 Å². The number of fused-ring (bicyclic) bond motifs is 1. The van der Waals surface area contributed by atoms with E-state index in [4.69, 9.17) is 19.6 Å². The van der Waals surface area contributed by atoms with Crippen molar-refractivity contribution >= 4 is 46.9 Å². The number of benzene rings is 2. The molecule has 64 heavy (non-hydrogen) atoms. The van der Waals surface area contributed by atoms with Gasteiger partial charge in [0.1, 0.15) is 24.7 Å². The van der Waals surface area contributed by atoms with Gasteiger partial charge in [-0.15, -0.1) is 0 Å². The number of carbonyl (C=O) groups is 6. The smallest absolute Gasteiger partial charge is 0.405 e. The van der Waals surface area contributed by atoms with E-state index in [2.05, 4.69) is 31.0 Å². The number of aryl methyl sites for hydroxylation is 2. The molecule has 334 valence electrons. The number of unbranched alkanes of at least 4 members (excludes halogenated alkanes) is 1. The monoisotopic (exact) mass is 885 g/mol. The molecular formula is C43H42F3N9O9. The first-order valence-corrected chi connectivity index (χ1v) is 20.3. The van der Waals surface area contributed by atoms with Crippen molar-refractivity contribution in [1.29, 1.82) is 0 Å². The van der Waals surface area contributed by atoms with Gasteiger partial charge in [-0.1, -0.05) is 24.3 Å². The summed E-state index contributed by atoms with van der Waals surface area (Å²) >= 11 is 0. The van der Waals surface area contributed by atoms with Crippen LogP contribution >= 0.6 is 0 Å². The second-order valence-corrected chi connectivity index (χ2v) is 14.8. The van der Waals surface area contributed by atoms with Gasteiger partial charge in [-0.3, -0.25) is 39.0 Å². The quantitative estimate of drug-likeness (QED) is 0.0616. The Hall–Kier alpha value is -7.26. The molecule has 21 heteroatoms. The molecule has 2 aromatic carbocycles. The minimum atomic E-state index is -4.45. The highest BCUT2D eigenvalue weighted by Gasteiger charge is 2.45. The van der Waals surface area contributed by atoms with Crippen LogP contribution in [-0.4, -0.2) is 105 Å². The lowest BCUT2D eigenvalue weighted by Gasteiger charge is -2.27. The summed E-state index contributed by atoms with van der Waals surface area (Å²) in [6.45, 7) is 0.457. The fourth-order valence-electron chi connectivity index (χ4n) is 7.16. The third-order valence-corrected chi connectivity index (χ3v) is 10.3. The largest absolute Gasteiger partial charge is 0.444 e. The molecule has 0 spiro atoms. The van der Waals surface area contributed by atoms with Gasteiger partial charge in [0, 0.05) is 31.4 Å². The molecule has 1 saturated heterocycles. The molecule has 1 fully saturated rings. The molecule has 2 aliphatic heterocycles. The van der Waals surface area contributed by atoms with Crippen molar-refractivity contribution in [2.24, 2.45) is 5.73 Å². The van der Waals surface area contributed by atoms with Gasteiger partial charge in [-0.2, -0.15) is 18.3 Å². The SMILES string of the molecule is NC(=O)c1nn(-c2ccc(CCCCOCCOCCCc3cccc4c3C(=O)N(C3CCC(=O)NC3=O)C4=O)cc2)cc1NC(=O)c1coc(-c2ccnc(NCC(F)(F)F)c2)n1. The van der Waals surface area contributed by atoms with Crippen molar-refractivity contribution in [3.63, 3.8) is 0 Å². The van der Waals surface area contributed by atoms with E-state index in [1.165, 1.54) is 29.2 Å². The molecule has 0 aliphatic carbocycles. The van der Waals surface area contributed by atoms with Crippen LogP contribution in [0.1, 0.15) is 84.9 Å². The van der Waals surface area contributed by atoms with E-state index in [-0.39, 0.29) is 52.8 Å². The van der Waals surface area contributed by atoms with Crippen LogP contribution in [0.25, 0.3) is 17.1 Å². The number of imide groups is 2. The standard InChI is InChI=1S/C43H42F3N9O9/c44-43(45,46)24-49-33-21-27(15-16-48-33)40-51-31(23-64-40)38(58)50-30-22-54(53-36(30)37(47)57)28-11-9-25(10-12-28)5-1-2-17-62-19-20-63-18-4-7-26-6-3-8-29-35(26)42(61)55(41(29)60)32-13-14-34(56)52-39(32)59/h3,6,8-12,15-16,21-23,32H,1-2,4-5,7,13-14,17-20,24H2,(H2,47,57)(H,48,49)(H,50,58)(H,52,56,59). The molecule has 18 nitrogen and oxygen atoms in total. The first-order valence-electron chi connectivity index (χ1n) is 20.3. The normalized spacial score (nSPS) is 15.0. The molecular weight excluding hydrogens is 844 g/mol. The van der Waals surface area contributed by atoms with Crippen molar-refractivity contribution in [3.05, 3.63) is 107 Å². The lowest BCUT2D eigenvalue weighted by molar-refractivity contribution is -0.136. The Morgan fingerprint density at radius 2 is 1.70 bits per heavy atom. The van der Waals surface area contributed by atoms with E-state index < -0.39 is 54.2 Å². The minimum Gasteiger partial charge on any atom is -0.444 e. The van der Waals surface area contributed by atoms with Crippen LogP contribution in [0, 0.1) is 0 Å². The highest BCUT2D eigenvalue weighted by molar-refractivity contribution is 6.24. The van der Waals surface area contributed by atoms with Gasteiger partial charge in [0.2, 0.25) is 17.7 Å². The fourth-order valence-corrected chi connectivity index (χ4v) is 7.16. The van der Waals surface area contributed by atoms with Crippen LogP contribution in [0.5, 0.6) is 0 Å². The van der Waals surface area contributed by atoms with Crippen LogP contribution in [0.4, 0.5) is 24.7 Å². The Bertz CT molecular complexity index is 2560. The van der Waals surface area contributed by atoms with Gasteiger partial charge in [-0.25, -0.2) is 14.6 Å². The van der Waals surface area contributed by atoms with E-state index in [0.29, 0.717) is 56.1 Å². The van der Waals surface area contributed by atoms with Gasteiger partial charge in [0.05, 0.1) is 41.9 Å². The Morgan fingerprint density at radius 3 is 2.44 bits per heavy atom. The summed E-state index contributed by atoms with van der Waals surface area (Å²) in [6, 6.07) is 14.2. The summed E-state index contributed by atoms with van der Waals surface area (Å²) in [5.41, 5.74) is 8.37. The number of alkyl halides is 3. The van der Waals surface area contributed by atoms with Crippen molar-refractivity contribution in [1.82, 2.24) is 30.0 Å². The van der Waals surface area contributed by atoms with Crippen molar-refractivity contribution in [2.45, 2.75) is 57.2 Å². The molecule has 7 rings (SSSR count). The number of carbonyl (C=O) groups excluding carboxylic acids is 6. The van der Waals surface area contributed by atoms with Crippen molar-refractivity contribution < 1.29 is 55.8 Å². The minimum absolute atomic E-state index is 0.0205. The number of pyridine rings is 1. The topological polar surface area (TPSA) is 243 Å². The molecule has 6 amide bonds. The lowest BCUT2D eigenvalue weighted by atomic mass is 9.99. The number of piperidine rings is 1. The third-order valence-electron chi connectivity index (χ3n) is 10.3. The Labute approximate surface area is 362 Å². The highest BCUT2D eigenvalue weighted by Crippen LogP contribution is 2.31. The van der Waals surface area contributed by atoms with Crippen LogP contribution < -0.4 is 21.7 Å². The Morgan fingerprint density at radius 1 is 0.938 bits per heavy atom. The molecule has 1 atom stereocenters. The Balaban J connectivity index is 0.802. The first-order chi connectivity index (χ1) is 30.8. The Kier molecular flexibility index (Phi) is 13.9. The summed E-state index contributed by atoms with van der Waals surface area (Å²) in [5.74, 6) is -3.89. The average molecular weight is 886 g/mol. The van der Waals surface area contributed by atoms with E-state index in [1.54, 1.807) is 18.2 Å². The number of amides is 6. The predicted octanol–water partition coefficient (Wildman–Crippen LogP) is 4.64. The van der Waals surface area contributed by atoms with Crippen molar-refractivity contribution in [2.75, 3.05) is 43.6 Å². The lowest BCUT2D eigenvalue weighted by Crippen LogP contribution is -2.54. The molecule has 0 saturated carbocycles. The van der Waals surface area contributed by atoms with Gasteiger partial charge in [0.25, 0.3) is 23.6 Å². The van der Waals surface area contributed by atoms with Crippen LogP contribution in [0.3, 0.4) is 0 Å². The number of oxazole rings is 1. The molecule has 2 aliphatic rings. The number of halogens is 3.